The van der Waals surface area contributed by atoms with Crippen molar-refractivity contribution in [2.75, 3.05) is 16.6 Å². The summed E-state index contributed by atoms with van der Waals surface area (Å²) >= 11 is 6.10. The molecular weight excluding hydrogens is 419 g/mol. The zero-order chi connectivity index (χ0) is 20.9. The monoisotopic (exact) mass is 434 g/mol. The minimum absolute atomic E-state index is 0.0135. The summed E-state index contributed by atoms with van der Waals surface area (Å²) in [7, 11) is -3.84. The van der Waals surface area contributed by atoms with Gasteiger partial charge in [0.25, 0.3) is 15.9 Å². The predicted octanol–water partition coefficient (Wildman–Crippen LogP) is 4.30. The van der Waals surface area contributed by atoms with Crippen LogP contribution in [-0.4, -0.2) is 20.9 Å². The van der Waals surface area contributed by atoms with E-state index < -0.39 is 28.4 Å². The molecular formula is C20H16ClFN2O4S. The quantitative estimate of drug-likeness (QED) is 0.580. The van der Waals surface area contributed by atoms with Crippen molar-refractivity contribution in [1.29, 1.82) is 0 Å². The zero-order valence-corrected chi connectivity index (χ0v) is 16.5. The van der Waals surface area contributed by atoms with Gasteiger partial charge in [-0.25, -0.2) is 12.8 Å². The third-order valence-electron chi connectivity index (χ3n) is 3.75. The highest BCUT2D eigenvalue weighted by Crippen LogP contribution is 2.28. The van der Waals surface area contributed by atoms with Gasteiger partial charge < -0.3 is 10.1 Å². The van der Waals surface area contributed by atoms with Crippen LogP contribution in [0, 0.1) is 5.82 Å². The van der Waals surface area contributed by atoms with Gasteiger partial charge in [0.1, 0.15) is 11.6 Å². The van der Waals surface area contributed by atoms with Gasteiger partial charge in [0.15, 0.2) is 6.61 Å². The summed E-state index contributed by atoms with van der Waals surface area (Å²) < 4.78 is 46.2. The maximum atomic E-state index is 13.6. The third-order valence-corrected chi connectivity index (χ3v) is 5.42. The molecule has 0 atom stereocenters. The average Bonchev–Trinajstić information content (AvgIpc) is 2.69. The largest absolute Gasteiger partial charge is 0.482 e. The Morgan fingerprint density at radius 3 is 2.38 bits per heavy atom. The van der Waals surface area contributed by atoms with Crippen LogP contribution in [0.2, 0.25) is 5.02 Å². The number of hydrogen-bond acceptors (Lipinski definition) is 4. The van der Waals surface area contributed by atoms with Gasteiger partial charge in [-0.3, -0.25) is 9.52 Å². The number of ether oxygens (including phenoxy) is 1. The molecule has 0 fully saturated rings. The maximum absolute atomic E-state index is 13.6. The first-order valence-electron chi connectivity index (χ1n) is 8.40. The Morgan fingerprint density at radius 1 is 1.00 bits per heavy atom. The van der Waals surface area contributed by atoms with Gasteiger partial charge in [-0.1, -0.05) is 41.9 Å². The van der Waals surface area contributed by atoms with E-state index in [1.165, 1.54) is 36.4 Å². The van der Waals surface area contributed by atoms with Gasteiger partial charge in [-0.2, -0.15) is 0 Å². The molecule has 29 heavy (non-hydrogen) atoms. The van der Waals surface area contributed by atoms with E-state index >= 15 is 0 Å². The van der Waals surface area contributed by atoms with Crippen LogP contribution >= 0.6 is 11.6 Å². The fourth-order valence-electron chi connectivity index (χ4n) is 2.38. The summed E-state index contributed by atoms with van der Waals surface area (Å²) in [6.07, 6.45) is 0. The van der Waals surface area contributed by atoms with Crippen molar-refractivity contribution in [3.05, 3.63) is 83.6 Å². The minimum Gasteiger partial charge on any atom is -0.482 e. The fourth-order valence-corrected chi connectivity index (χ4v) is 3.76. The molecule has 0 aliphatic carbocycles. The third kappa shape index (κ3) is 5.46. The number of carbonyl (C=O) groups is 1. The minimum atomic E-state index is -3.84. The van der Waals surface area contributed by atoms with Crippen molar-refractivity contribution in [3.8, 4) is 5.75 Å². The first-order chi connectivity index (χ1) is 13.8. The number of anilines is 2. The second kappa shape index (κ2) is 8.93. The molecule has 0 heterocycles. The highest BCUT2D eigenvalue weighted by Gasteiger charge is 2.17. The number of sulfonamides is 1. The fraction of sp³-hybridized carbons (Fsp3) is 0.0500. The number of nitrogens with one attached hydrogen (secondary N) is 2. The van der Waals surface area contributed by atoms with Crippen LogP contribution in [0.5, 0.6) is 5.75 Å². The molecule has 3 aromatic rings. The molecule has 0 bridgehead atoms. The Labute approximate surface area is 172 Å². The molecule has 0 aliphatic rings. The Morgan fingerprint density at radius 2 is 1.69 bits per heavy atom. The predicted molar refractivity (Wildman–Crippen MR) is 109 cm³/mol. The molecule has 3 aromatic carbocycles. The topological polar surface area (TPSA) is 84.5 Å². The zero-order valence-electron chi connectivity index (χ0n) is 14.9. The first kappa shape index (κ1) is 20.6. The molecule has 150 valence electrons. The van der Waals surface area contributed by atoms with Crippen LogP contribution < -0.4 is 14.8 Å². The van der Waals surface area contributed by atoms with E-state index in [0.29, 0.717) is 5.69 Å². The van der Waals surface area contributed by atoms with Crippen LogP contribution in [0.1, 0.15) is 0 Å². The molecule has 2 N–H and O–H groups in total. The lowest BCUT2D eigenvalue weighted by atomic mass is 10.3. The van der Waals surface area contributed by atoms with Crippen LogP contribution in [-0.2, 0) is 14.8 Å². The number of para-hydroxylation sites is 2. The highest BCUT2D eigenvalue weighted by atomic mass is 35.5. The van der Waals surface area contributed by atoms with Gasteiger partial charge >= 0.3 is 0 Å². The van der Waals surface area contributed by atoms with Gasteiger partial charge in [0.05, 0.1) is 15.6 Å². The van der Waals surface area contributed by atoms with Gasteiger partial charge in [0, 0.05) is 5.69 Å². The van der Waals surface area contributed by atoms with E-state index in [2.05, 4.69) is 10.0 Å². The number of carbonyl (C=O) groups excluding carboxylic acids is 1. The number of benzene rings is 3. The van der Waals surface area contributed by atoms with Crippen molar-refractivity contribution in [3.63, 3.8) is 0 Å². The Balaban J connectivity index is 1.65. The number of amides is 1. The average molecular weight is 435 g/mol. The SMILES string of the molecule is O=C(COc1ccc(S(=O)(=O)Nc2ccccc2)cc1Cl)Nc1ccccc1F. The highest BCUT2D eigenvalue weighted by molar-refractivity contribution is 7.92. The van der Waals surface area contributed by atoms with Crippen molar-refractivity contribution < 1.29 is 22.3 Å². The van der Waals surface area contributed by atoms with E-state index in [1.807, 2.05) is 0 Å². The molecule has 0 spiro atoms. The van der Waals surface area contributed by atoms with Gasteiger partial charge in [0.2, 0.25) is 0 Å². The number of rotatable bonds is 7. The number of hydrogen-bond donors (Lipinski definition) is 2. The molecule has 9 heteroatoms. The van der Waals surface area contributed by atoms with Crippen molar-refractivity contribution in [1.82, 2.24) is 0 Å². The lowest BCUT2D eigenvalue weighted by Gasteiger charge is -2.12. The van der Waals surface area contributed by atoms with Crippen molar-refractivity contribution in [2.45, 2.75) is 4.90 Å². The molecule has 0 saturated carbocycles. The summed E-state index contributed by atoms with van der Waals surface area (Å²) in [5.74, 6) is -1.04. The Kier molecular flexibility index (Phi) is 6.36. The Bertz CT molecular complexity index is 1120. The molecule has 0 aliphatic heterocycles. The van der Waals surface area contributed by atoms with Crippen molar-refractivity contribution in [2.24, 2.45) is 0 Å². The summed E-state index contributed by atoms with van der Waals surface area (Å²) in [5, 5.41) is 2.39. The molecule has 0 unspecified atom stereocenters. The van der Waals surface area contributed by atoms with E-state index in [-0.39, 0.29) is 21.4 Å². The molecule has 6 nitrogen and oxygen atoms in total. The van der Waals surface area contributed by atoms with E-state index in [4.69, 9.17) is 16.3 Å². The summed E-state index contributed by atoms with van der Waals surface area (Å²) in [5.41, 5.74) is 0.439. The summed E-state index contributed by atoms with van der Waals surface area (Å²) in [6.45, 7) is -0.428. The summed E-state index contributed by atoms with van der Waals surface area (Å²) in [6, 6.07) is 18.0. The van der Waals surface area contributed by atoms with E-state index in [0.717, 1.165) is 0 Å². The van der Waals surface area contributed by atoms with Crippen LogP contribution in [0.4, 0.5) is 15.8 Å². The number of halogens is 2. The van der Waals surface area contributed by atoms with E-state index in [1.54, 1.807) is 36.4 Å². The maximum Gasteiger partial charge on any atom is 0.262 e. The lowest BCUT2D eigenvalue weighted by molar-refractivity contribution is -0.118. The first-order valence-corrected chi connectivity index (χ1v) is 10.3. The molecule has 1 amide bonds. The second-order valence-electron chi connectivity index (χ2n) is 5.88. The molecule has 0 saturated heterocycles. The second-order valence-corrected chi connectivity index (χ2v) is 7.97. The van der Waals surface area contributed by atoms with Crippen LogP contribution in [0.15, 0.2) is 77.7 Å². The van der Waals surface area contributed by atoms with E-state index in [9.17, 15) is 17.6 Å². The smallest absolute Gasteiger partial charge is 0.262 e. The van der Waals surface area contributed by atoms with Crippen LogP contribution in [0.25, 0.3) is 0 Å². The lowest BCUT2D eigenvalue weighted by Crippen LogP contribution is -2.21. The standard InChI is InChI=1S/C20H16ClFN2O4S/c21-16-12-15(29(26,27)24-14-6-2-1-3-7-14)10-11-19(16)28-13-20(25)23-18-9-5-4-8-17(18)22/h1-12,24H,13H2,(H,23,25). The van der Waals surface area contributed by atoms with Gasteiger partial charge in [-0.05, 0) is 42.5 Å². The Hall–Kier alpha value is -3.10. The molecule has 0 radical (unpaired) electrons. The molecule has 0 aromatic heterocycles. The summed E-state index contributed by atoms with van der Waals surface area (Å²) in [4.78, 5) is 11.9. The molecule has 3 rings (SSSR count). The van der Waals surface area contributed by atoms with Gasteiger partial charge in [-0.15, -0.1) is 0 Å². The van der Waals surface area contributed by atoms with Crippen molar-refractivity contribution >= 4 is 38.9 Å². The normalized spacial score (nSPS) is 11.0. The van der Waals surface area contributed by atoms with Crippen LogP contribution in [0.3, 0.4) is 0 Å².